The Balaban J connectivity index is 1.54. The van der Waals surface area contributed by atoms with Gasteiger partial charge in [0.1, 0.15) is 12.2 Å². The summed E-state index contributed by atoms with van der Waals surface area (Å²) in [6.07, 6.45) is 0.245. The van der Waals surface area contributed by atoms with E-state index in [2.05, 4.69) is 20.6 Å². The van der Waals surface area contributed by atoms with Crippen LogP contribution in [-0.2, 0) is 11.2 Å². The lowest BCUT2D eigenvalue weighted by Gasteiger charge is -2.30. The molecule has 0 saturated carbocycles. The summed E-state index contributed by atoms with van der Waals surface area (Å²) in [4.78, 5) is 40.5. The molecule has 0 radical (unpaired) electrons. The van der Waals surface area contributed by atoms with Crippen molar-refractivity contribution in [2.75, 3.05) is 18.0 Å². The van der Waals surface area contributed by atoms with Gasteiger partial charge in [-0.25, -0.2) is 9.97 Å². The summed E-state index contributed by atoms with van der Waals surface area (Å²) in [5.41, 5.74) is 12.1. The standard InChI is InChI=1S/C29H32ClN7O4/c1-3-13-37(41-23-16-20-12-8-7-11-19(20)15-22(23)38)17(2)33-28(39)21(14-18-9-5-4-6-10-18)34-29(40)24-26(31)36-27(32)25(30)35-24/h4-12,15-17,21,38H,3,13-14H2,1-2H3,(H,33,39)(H,34,40)(H4,31,32,36). The minimum atomic E-state index is -1.01. The van der Waals surface area contributed by atoms with Crippen LogP contribution in [0.15, 0.2) is 66.7 Å². The van der Waals surface area contributed by atoms with E-state index in [-0.39, 0.29) is 40.4 Å². The number of aromatic nitrogens is 2. The van der Waals surface area contributed by atoms with Crippen molar-refractivity contribution < 1.29 is 19.5 Å². The van der Waals surface area contributed by atoms with Crippen molar-refractivity contribution in [1.82, 2.24) is 25.7 Å². The fourth-order valence-corrected chi connectivity index (χ4v) is 4.35. The maximum absolute atomic E-state index is 13.6. The number of carbonyl (C=O) groups excluding carboxylic acids is 2. The summed E-state index contributed by atoms with van der Waals surface area (Å²) in [6.45, 7) is 4.16. The van der Waals surface area contributed by atoms with Crippen LogP contribution in [-0.4, -0.2) is 50.7 Å². The smallest absolute Gasteiger partial charge is 0.274 e. The molecule has 0 aliphatic heterocycles. The Bertz CT molecular complexity index is 1540. The van der Waals surface area contributed by atoms with Crippen LogP contribution in [0, 0.1) is 0 Å². The number of carbonyl (C=O) groups is 2. The fourth-order valence-electron chi connectivity index (χ4n) is 4.22. The highest BCUT2D eigenvalue weighted by atomic mass is 35.5. The molecule has 41 heavy (non-hydrogen) atoms. The summed E-state index contributed by atoms with van der Waals surface area (Å²) in [5.74, 6) is -1.31. The second-order valence-corrected chi connectivity index (χ2v) is 9.79. The van der Waals surface area contributed by atoms with Crippen molar-refractivity contribution in [3.8, 4) is 11.5 Å². The summed E-state index contributed by atoms with van der Waals surface area (Å²) >= 11 is 5.95. The molecular weight excluding hydrogens is 546 g/mol. The van der Waals surface area contributed by atoms with Gasteiger partial charge in [-0.1, -0.05) is 73.1 Å². The largest absolute Gasteiger partial charge is 0.504 e. The normalized spacial score (nSPS) is 12.6. The van der Waals surface area contributed by atoms with Gasteiger partial charge in [0.2, 0.25) is 5.91 Å². The fraction of sp³-hybridized carbons (Fsp3) is 0.241. The van der Waals surface area contributed by atoms with Crippen molar-refractivity contribution in [2.45, 2.75) is 38.9 Å². The van der Waals surface area contributed by atoms with Crippen molar-refractivity contribution in [3.63, 3.8) is 0 Å². The first-order chi connectivity index (χ1) is 19.7. The van der Waals surface area contributed by atoms with Crippen molar-refractivity contribution in [3.05, 3.63) is 83.1 Å². The third-order valence-electron chi connectivity index (χ3n) is 6.29. The van der Waals surface area contributed by atoms with E-state index in [1.165, 1.54) is 0 Å². The predicted octanol–water partition coefficient (Wildman–Crippen LogP) is 3.66. The number of hydrogen-bond acceptors (Lipinski definition) is 9. The molecule has 0 spiro atoms. The van der Waals surface area contributed by atoms with Gasteiger partial charge in [-0.05, 0) is 41.8 Å². The van der Waals surface area contributed by atoms with Crippen LogP contribution in [0.2, 0.25) is 5.15 Å². The number of phenols is 1. The van der Waals surface area contributed by atoms with E-state index in [0.29, 0.717) is 13.0 Å². The van der Waals surface area contributed by atoms with Gasteiger partial charge in [0.25, 0.3) is 5.91 Å². The first-order valence-corrected chi connectivity index (χ1v) is 13.4. The molecule has 12 heteroatoms. The molecule has 2 amide bonds. The number of nitrogens with one attached hydrogen (secondary N) is 2. The van der Waals surface area contributed by atoms with Crippen molar-refractivity contribution in [2.24, 2.45) is 0 Å². The lowest BCUT2D eigenvalue weighted by Crippen LogP contribution is -2.55. The highest BCUT2D eigenvalue weighted by Gasteiger charge is 2.28. The minimum Gasteiger partial charge on any atom is -0.504 e. The molecule has 4 rings (SSSR count). The zero-order valence-electron chi connectivity index (χ0n) is 22.7. The average molecular weight is 578 g/mol. The van der Waals surface area contributed by atoms with Gasteiger partial charge in [0, 0.05) is 13.0 Å². The van der Waals surface area contributed by atoms with Crippen LogP contribution >= 0.6 is 11.6 Å². The molecule has 0 fully saturated rings. The van der Waals surface area contributed by atoms with Crippen LogP contribution in [0.3, 0.4) is 0 Å². The molecule has 0 bridgehead atoms. The van der Waals surface area contributed by atoms with E-state index < -0.39 is 24.0 Å². The van der Waals surface area contributed by atoms with Gasteiger partial charge in [-0.3, -0.25) is 9.59 Å². The van der Waals surface area contributed by atoms with Gasteiger partial charge in [-0.15, -0.1) is 5.06 Å². The average Bonchev–Trinajstić information content (AvgIpc) is 2.95. The number of benzene rings is 3. The summed E-state index contributed by atoms with van der Waals surface area (Å²) in [7, 11) is 0. The number of fused-ring (bicyclic) bond motifs is 1. The van der Waals surface area contributed by atoms with Crippen LogP contribution in [0.25, 0.3) is 10.8 Å². The topological polar surface area (TPSA) is 169 Å². The Morgan fingerprint density at radius 3 is 2.34 bits per heavy atom. The maximum atomic E-state index is 13.6. The Kier molecular flexibility index (Phi) is 9.43. The quantitative estimate of drug-likeness (QED) is 0.132. The number of nitrogens with zero attached hydrogens (tertiary/aromatic N) is 3. The van der Waals surface area contributed by atoms with Crippen LogP contribution in [0.1, 0.15) is 36.3 Å². The molecule has 1 aromatic heterocycles. The number of halogens is 1. The molecule has 2 atom stereocenters. The molecule has 0 aliphatic rings. The van der Waals surface area contributed by atoms with Crippen molar-refractivity contribution >= 4 is 45.8 Å². The number of aromatic hydroxyl groups is 1. The van der Waals surface area contributed by atoms with Gasteiger partial charge >= 0.3 is 0 Å². The Morgan fingerprint density at radius 2 is 1.66 bits per heavy atom. The minimum absolute atomic E-state index is 0.0293. The zero-order valence-corrected chi connectivity index (χ0v) is 23.4. The molecule has 0 aliphatic carbocycles. The third-order valence-corrected chi connectivity index (χ3v) is 6.57. The second-order valence-electron chi connectivity index (χ2n) is 9.43. The number of hydrogen-bond donors (Lipinski definition) is 5. The monoisotopic (exact) mass is 577 g/mol. The van der Waals surface area contributed by atoms with E-state index in [1.807, 2.05) is 61.5 Å². The Hall–Kier alpha value is -4.61. The molecule has 4 aromatic rings. The number of amides is 2. The van der Waals surface area contributed by atoms with E-state index in [1.54, 1.807) is 24.1 Å². The third kappa shape index (κ3) is 7.33. The van der Waals surface area contributed by atoms with Gasteiger partial charge in [-0.2, -0.15) is 0 Å². The molecule has 0 saturated heterocycles. The zero-order chi connectivity index (χ0) is 29.5. The van der Waals surface area contributed by atoms with E-state index in [9.17, 15) is 14.7 Å². The Labute approximate surface area is 242 Å². The lowest BCUT2D eigenvalue weighted by atomic mass is 10.0. The summed E-state index contributed by atoms with van der Waals surface area (Å²) in [6, 6.07) is 19.2. The van der Waals surface area contributed by atoms with Crippen LogP contribution in [0.5, 0.6) is 11.5 Å². The van der Waals surface area contributed by atoms with Crippen LogP contribution in [0.4, 0.5) is 11.6 Å². The number of phenolic OH excluding ortho intramolecular Hbond substituents is 1. The number of nitrogens with two attached hydrogens (primary N) is 2. The molecular formula is C29H32ClN7O4. The van der Waals surface area contributed by atoms with E-state index in [0.717, 1.165) is 16.3 Å². The van der Waals surface area contributed by atoms with Crippen molar-refractivity contribution in [1.29, 1.82) is 0 Å². The Morgan fingerprint density at radius 1 is 1.00 bits per heavy atom. The number of nitrogen functional groups attached to an aromatic ring is 2. The van der Waals surface area contributed by atoms with E-state index >= 15 is 0 Å². The lowest BCUT2D eigenvalue weighted by molar-refractivity contribution is -0.135. The number of hydroxylamine groups is 2. The number of rotatable bonds is 11. The second kappa shape index (κ2) is 13.2. The van der Waals surface area contributed by atoms with E-state index in [4.69, 9.17) is 27.9 Å². The number of anilines is 2. The molecule has 3 aromatic carbocycles. The predicted molar refractivity (Wildman–Crippen MR) is 158 cm³/mol. The first-order valence-electron chi connectivity index (χ1n) is 13.1. The SMILES string of the molecule is CCCN(Oc1cc2ccccc2cc1O)C(C)NC(=O)C(Cc1ccccc1)NC(=O)c1nc(Cl)c(N)nc1N. The molecule has 2 unspecified atom stereocenters. The van der Waals surface area contributed by atoms with Gasteiger partial charge < -0.3 is 32.0 Å². The maximum Gasteiger partial charge on any atom is 0.274 e. The molecule has 11 nitrogen and oxygen atoms in total. The first kappa shape index (κ1) is 29.4. The van der Waals surface area contributed by atoms with Gasteiger partial charge in [0.15, 0.2) is 34.0 Å². The highest BCUT2D eigenvalue weighted by Crippen LogP contribution is 2.32. The molecule has 1 heterocycles. The molecule has 214 valence electrons. The summed E-state index contributed by atoms with van der Waals surface area (Å²) in [5, 5.41) is 19.3. The summed E-state index contributed by atoms with van der Waals surface area (Å²) < 4.78 is 0. The molecule has 7 N–H and O–H groups in total. The highest BCUT2D eigenvalue weighted by molar-refractivity contribution is 6.31. The van der Waals surface area contributed by atoms with Gasteiger partial charge in [0.05, 0.1) is 0 Å². The van der Waals surface area contributed by atoms with Crippen LogP contribution < -0.4 is 26.9 Å².